The number of hydrogen-bond donors (Lipinski definition) is 0. The molecule has 0 spiro atoms. The van der Waals surface area contributed by atoms with Crippen LogP contribution in [0.5, 0.6) is 5.75 Å². The zero-order valence-electron chi connectivity index (χ0n) is 12.2. The van der Waals surface area contributed by atoms with Gasteiger partial charge in [0, 0.05) is 12.5 Å². The minimum Gasteiger partial charge on any atom is -0.497 e. The van der Waals surface area contributed by atoms with Crippen molar-refractivity contribution in [1.29, 1.82) is 0 Å². The molecule has 1 atom stereocenters. The Kier molecular flexibility index (Phi) is 3.75. The third kappa shape index (κ3) is 2.56. The fourth-order valence-electron chi connectivity index (χ4n) is 3.09. The predicted octanol–water partition coefficient (Wildman–Crippen LogP) is 3.66. The molecule has 0 bridgehead atoms. The van der Waals surface area contributed by atoms with Gasteiger partial charge in [0.2, 0.25) is 0 Å². The Morgan fingerprint density at radius 1 is 1.10 bits per heavy atom. The van der Waals surface area contributed by atoms with E-state index in [0.717, 1.165) is 18.8 Å². The van der Waals surface area contributed by atoms with E-state index < -0.39 is 0 Å². The van der Waals surface area contributed by atoms with E-state index in [1.165, 1.54) is 23.1 Å². The molecule has 0 N–H and O–H groups in total. The molecule has 1 heterocycles. The summed E-state index contributed by atoms with van der Waals surface area (Å²) in [5, 5.41) is 0. The van der Waals surface area contributed by atoms with Crippen molar-refractivity contribution >= 4 is 0 Å². The van der Waals surface area contributed by atoms with E-state index in [0.29, 0.717) is 5.92 Å². The average Bonchev–Trinajstić information content (AvgIpc) is 2.65. The highest BCUT2D eigenvalue weighted by Gasteiger charge is 2.22. The molecule has 20 heavy (non-hydrogen) atoms. The zero-order valence-corrected chi connectivity index (χ0v) is 12.2. The Hall–Kier alpha value is -1.80. The third-order valence-electron chi connectivity index (χ3n) is 4.17. The molecule has 0 amide bonds. The molecule has 2 heteroatoms. The van der Waals surface area contributed by atoms with Crippen LogP contribution < -0.4 is 4.74 Å². The van der Waals surface area contributed by atoms with Crippen LogP contribution in [0.4, 0.5) is 0 Å². The van der Waals surface area contributed by atoms with Crippen molar-refractivity contribution in [2.75, 3.05) is 20.7 Å². The number of ether oxygens (including phenoxy) is 1. The smallest absolute Gasteiger partial charge is 0.119 e. The van der Waals surface area contributed by atoms with E-state index in [2.05, 4.69) is 60.5 Å². The number of hydrogen-bond acceptors (Lipinski definition) is 2. The van der Waals surface area contributed by atoms with Gasteiger partial charge in [0.1, 0.15) is 5.75 Å². The maximum absolute atomic E-state index is 5.38. The van der Waals surface area contributed by atoms with Gasteiger partial charge in [0.25, 0.3) is 0 Å². The molecule has 1 aliphatic rings. The molecule has 0 fully saturated rings. The van der Waals surface area contributed by atoms with Gasteiger partial charge in [0.05, 0.1) is 7.11 Å². The number of fused-ring (bicyclic) bond motifs is 1. The maximum Gasteiger partial charge on any atom is 0.119 e. The van der Waals surface area contributed by atoms with Gasteiger partial charge in [-0.3, -0.25) is 0 Å². The molecule has 3 rings (SSSR count). The first-order chi connectivity index (χ1) is 9.78. The summed E-state index contributed by atoms with van der Waals surface area (Å²) < 4.78 is 5.38. The van der Waals surface area contributed by atoms with Crippen molar-refractivity contribution < 1.29 is 4.74 Å². The summed E-state index contributed by atoms with van der Waals surface area (Å²) in [5.41, 5.74) is 4.24. The zero-order chi connectivity index (χ0) is 13.9. The predicted molar refractivity (Wildman–Crippen MR) is 82.2 cm³/mol. The van der Waals surface area contributed by atoms with Gasteiger partial charge in [-0.15, -0.1) is 0 Å². The molecule has 0 saturated heterocycles. The highest BCUT2D eigenvalue weighted by molar-refractivity contribution is 5.43. The number of nitrogens with zero attached hydrogens (tertiary/aromatic N) is 1. The highest BCUT2D eigenvalue weighted by Crippen LogP contribution is 2.35. The van der Waals surface area contributed by atoms with Gasteiger partial charge in [-0.2, -0.15) is 0 Å². The molecule has 0 aliphatic carbocycles. The quantitative estimate of drug-likeness (QED) is 0.823. The largest absolute Gasteiger partial charge is 0.497 e. The SMILES string of the molecule is COc1ccc2c(c1)CN(C)CC[C@H]2c1ccccc1. The monoisotopic (exact) mass is 267 g/mol. The van der Waals surface area contributed by atoms with E-state index in [1.54, 1.807) is 7.11 Å². The van der Waals surface area contributed by atoms with E-state index in [-0.39, 0.29) is 0 Å². The van der Waals surface area contributed by atoms with E-state index in [1.807, 2.05) is 0 Å². The van der Waals surface area contributed by atoms with E-state index in [4.69, 9.17) is 4.74 Å². The number of rotatable bonds is 2. The lowest BCUT2D eigenvalue weighted by molar-refractivity contribution is 0.327. The van der Waals surface area contributed by atoms with Gasteiger partial charge in [-0.1, -0.05) is 36.4 Å². The van der Waals surface area contributed by atoms with Gasteiger partial charge >= 0.3 is 0 Å². The fraction of sp³-hybridized carbons (Fsp3) is 0.333. The van der Waals surface area contributed by atoms with Crippen molar-refractivity contribution in [3.63, 3.8) is 0 Å². The van der Waals surface area contributed by atoms with Crippen molar-refractivity contribution in [2.24, 2.45) is 0 Å². The second-order valence-corrected chi connectivity index (χ2v) is 5.55. The van der Waals surface area contributed by atoms with Gasteiger partial charge in [-0.25, -0.2) is 0 Å². The van der Waals surface area contributed by atoms with Crippen LogP contribution in [0.15, 0.2) is 48.5 Å². The standard InChI is InChI=1S/C18H21NO/c1-19-11-10-18(14-6-4-3-5-7-14)17-9-8-16(20-2)12-15(17)13-19/h3-9,12,18H,10-11,13H2,1-2H3/t18-/m0/s1. The lowest BCUT2D eigenvalue weighted by Crippen LogP contribution is -2.17. The third-order valence-corrected chi connectivity index (χ3v) is 4.17. The summed E-state index contributed by atoms with van der Waals surface area (Å²) in [5.74, 6) is 1.44. The van der Waals surface area contributed by atoms with Crippen LogP contribution in [0.2, 0.25) is 0 Å². The summed E-state index contributed by atoms with van der Waals surface area (Å²) in [6.07, 6.45) is 1.17. The first-order valence-corrected chi connectivity index (χ1v) is 7.18. The summed E-state index contributed by atoms with van der Waals surface area (Å²) in [6, 6.07) is 17.3. The van der Waals surface area contributed by atoms with E-state index in [9.17, 15) is 0 Å². The van der Waals surface area contributed by atoms with Crippen LogP contribution in [0.1, 0.15) is 29.0 Å². The Labute approximate surface area is 121 Å². The number of methoxy groups -OCH3 is 1. The van der Waals surface area contributed by atoms with Crippen LogP contribution in [0, 0.1) is 0 Å². The highest BCUT2D eigenvalue weighted by atomic mass is 16.5. The Balaban J connectivity index is 2.06. The van der Waals surface area contributed by atoms with Gasteiger partial charge < -0.3 is 9.64 Å². The van der Waals surface area contributed by atoms with Crippen molar-refractivity contribution in [1.82, 2.24) is 4.90 Å². The topological polar surface area (TPSA) is 12.5 Å². The molecule has 2 aromatic carbocycles. The molecule has 0 saturated carbocycles. The Morgan fingerprint density at radius 2 is 1.90 bits per heavy atom. The minimum atomic E-state index is 0.488. The van der Waals surface area contributed by atoms with Crippen LogP contribution in [0.3, 0.4) is 0 Å². The minimum absolute atomic E-state index is 0.488. The molecular formula is C18H21NO. The van der Waals surface area contributed by atoms with Gasteiger partial charge in [-0.05, 0) is 48.8 Å². The van der Waals surface area contributed by atoms with Crippen molar-refractivity contribution in [3.05, 3.63) is 65.2 Å². The normalized spacial score (nSPS) is 19.2. The molecular weight excluding hydrogens is 246 g/mol. The van der Waals surface area contributed by atoms with E-state index >= 15 is 0 Å². The first-order valence-electron chi connectivity index (χ1n) is 7.18. The molecule has 0 unspecified atom stereocenters. The van der Waals surface area contributed by atoms with Crippen molar-refractivity contribution in [2.45, 2.75) is 18.9 Å². The lowest BCUT2D eigenvalue weighted by atomic mass is 9.86. The first kappa shape index (κ1) is 13.2. The molecule has 104 valence electrons. The fourth-order valence-corrected chi connectivity index (χ4v) is 3.09. The van der Waals surface area contributed by atoms with Crippen LogP contribution in [-0.4, -0.2) is 25.6 Å². The second kappa shape index (κ2) is 5.68. The van der Waals surface area contributed by atoms with Crippen LogP contribution >= 0.6 is 0 Å². The Bertz CT molecular complexity index is 579. The summed E-state index contributed by atoms with van der Waals surface area (Å²) >= 11 is 0. The summed E-state index contributed by atoms with van der Waals surface area (Å²) in [7, 11) is 3.92. The molecule has 1 aliphatic heterocycles. The molecule has 2 aromatic rings. The average molecular weight is 267 g/mol. The molecule has 0 aromatic heterocycles. The Morgan fingerprint density at radius 3 is 2.65 bits per heavy atom. The maximum atomic E-state index is 5.38. The molecule has 2 nitrogen and oxygen atoms in total. The van der Waals surface area contributed by atoms with Crippen LogP contribution in [0.25, 0.3) is 0 Å². The summed E-state index contributed by atoms with van der Waals surface area (Å²) in [4.78, 5) is 2.39. The number of benzene rings is 2. The lowest BCUT2D eigenvalue weighted by Gasteiger charge is -2.18. The summed E-state index contributed by atoms with van der Waals surface area (Å²) in [6.45, 7) is 2.12. The van der Waals surface area contributed by atoms with Crippen molar-refractivity contribution in [3.8, 4) is 5.75 Å². The van der Waals surface area contributed by atoms with Crippen LogP contribution in [-0.2, 0) is 6.54 Å². The molecule has 0 radical (unpaired) electrons. The van der Waals surface area contributed by atoms with Gasteiger partial charge in [0.15, 0.2) is 0 Å². The second-order valence-electron chi connectivity index (χ2n) is 5.55.